The predicted molar refractivity (Wildman–Crippen MR) is 57.9 cm³/mol. The van der Waals surface area contributed by atoms with Crippen LogP contribution in [0.3, 0.4) is 0 Å². The number of methoxy groups -OCH3 is 1. The van der Waals surface area contributed by atoms with Gasteiger partial charge in [0.25, 0.3) is 0 Å². The number of nitrogens with zero attached hydrogens (tertiary/aromatic N) is 1. The van der Waals surface area contributed by atoms with Crippen LogP contribution >= 0.6 is 0 Å². The molecule has 0 unspecified atom stereocenters. The van der Waals surface area contributed by atoms with Crippen LogP contribution in [0.15, 0.2) is 18.3 Å². The minimum Gasteiger partial charge on any atom is -0.497 e. The van der Waals surface area contributed by atoms with Crippen molar-refractivity contribution < 1.29 is 14.3 Å². The Morgan fingerprint density at radius 3 is 2.88 bits per heavy atom. The van der Waals surface area contributed by atoms with Crippen LogP contribution in [-0.2, 0) is 16.1 Å². The highest BCUT2D eigenvalue weighted by molar-refractivity contribution is 5.96. The maximum atomic E-state index is 11.2. The minimum atomic E-state index is -0.294. The molecule has 0 radical (unpaired) electrons. The highest BCUT2D eigenvalue weighted by atomic mass is 16.5. The van der Waals surface area contributed by atoms with Crippen LogP contribution in [0.4, 0.5) is 0 Å². The Morgan fingerprint density at radius 1 is 1.50 bits per heavy atom. The maximum Gasteiger partial charge on any atom is 0.227 e. The summed E-state index contributed by atoms with van der Waals surface area (Å²) >= 11 is 0. The van der Waals surface area contributed by atoms with Crippen molar-refractivity contribution in [3.8, 4) is 5.75 Å². The molecule has 0 saturated carbocycles. The molecule has 86 valence electrons. The lowest BCUT2D eigenvalue weighted by atomic mass is 10.3. The van der Waals surface area contributed by atoms with Gasteiger partial charge in [0, 0.05) is 12.3 Å². The average molecular weight is 222 g/mol. The predicted octanol–water partition coefficient (Wildman–Crippen LogP) is 0.685. The first-order valence-electron chi connectivity index (χ1n) is 4.87. The lowest BCUT2D eigenvalue weighted by Gasteiger charge is -2.05. The molecule has 5 heteroatoms. The summed E-state index contributed by atoms with van der Waals surface area (Å²) in [7, 11) is 1.56. The highest BCUT2D eigenvalue weighted by Gasteiger charge is 2.05. The van der Waals surface area contributed by atoms with Gasteiger partial charge in [-0.2, -0.15) is 0 Å². The van der Waals surface area contributed by atoms with E-state index in [1.54, 1.807) is 25.4 Å². The van der Waals surface area contributed by atoms with Crippen molar-refractivity contribution in [3.05, 3.63) is 24.0 Å². The molecular weight excluding hydrogens is 208 g/mol. The van der Waals surface area contributed by atoms with Crippen molar-refractivity contribution in [2.45, 2.75) is 19.9 Å². The maximum absolute atomic E-state index is 11.2. The zero-order valence-electron chi connectivity index (χ0n) is 9.32. The molecule has 1 heterocycles. The summed E-state index contributed by atoms with van der Waals surface area (Å²) in [5.41, 5.74) is 0.691. The number of hydrogen-bond acceptors (Lipinski definition) is 4. The largest absolute Gasteiger partial charge is 0.497 e. The second-order valence-electron chi connectivity index (χ2n) is 3.34. The molecule has 1 amide bonds. The first-order chi connectivity index (χ1) is 7.61. The van der Waals surface area contributed by atoms with Gasteiger partial charge in [-0.3, -0.25) is 14.6 Å². The second kappa shape index (κ2) is 5.85. The molecule has 1 aromatic rings. The number of rotatable bonds is 5. The molecule has 0 aliphatic carbocycles. The Hall–Kier alpha value is -1.91. The van der Waals surface area contributed by atoms with E-state index in [4.69, 9.17) is 4.74 Å². The second-order valence-corrected chi connectivity index (χ2v) is 3.34. The zero-order chi connectivity index (χ0) is 12.0. The lowest BCUT2D eigenvalue weighted by Crippen LogP contribution is -2.24. The number of ketones is 1. The first kappa shape index (κ1) is 12.2. The van der Waals surface area contributed by atoms with Crippen LogP contribution in [0.2, 0.25) is 0 Å². The zero-order valence-corrected chi connectivity index (χ0v) is 9.32. The van der Waals surface area contributed by atoms with E-state index in [0.29, 0.717) is 18.0 Å². The summed E-state index contributed by atoms with van der Waals surface area (Å²) < 4.78 is 5.02. The third-order valence-electron chi connectivity index (χ3n) is 1.90. The Balaban J connectivity index is 2.47. The fraction of sp³-hybridized carbons (Fsp3) is 0.364. The third-order valence-corrected chi connectivity index (χ3v) is 1.90. The van der Waals surface area contributed by atoms with Gasteiger partial charge in [0.1, 0.15) is 11.5 Å². The molecule has 1 aromatic heterocycles. The molecule has 16 heavy (non-hydrogen) atoms. The molecule has 0 fully saturated rings. The number of aromatic nitrogens is 1. The van der Waals surface area contributed by atoms with Gasteiger partial charge in [-0.05, 0) is 13.0 Å². The Bertz CT molecular complexity index is 391. The lowest BCUT2D eigenvalue weighted by molar-refractivity contribution is -0.127. The van der Waals surface area contributed by atoms with Crippen molar-refractivity contribution >= 4 is 11.7 Å². The number of carbonyl (C=O) groups is 2. The SMILES string of the molecule is COc1ccnc(CNC(=O)CC(C)=O)c1. The Labute approximate surface area is 93.8 Å². The van der Waals surface area contributed by atoms with Gasteiger partial charge in [0.05, 0.1) is 25.8 Å². The molecule has 0 atom stereocenters. The number of ether oxygens (including phenoxy) is 1. The number of pyridine rings is 1. The van der Waals surface area contributed by atoms with Crippen LogP contribution in [0.25, 0.3) is 0 Å². The van der Waals surface area contributed by atoms with Crippen molar-refractivity contribution in [2.75, 3.05) is 7.11 Å². The Kier molecular flexibility index (Phi) is 4.44. The number of nitrogens with one attached hydrogen (secondary N) is 1. The standard InChI is InChI=1S/C11H14N2O3/c1-8(14)5-11(15)13-7-9-6-10(16-2)3-4-12-9/h3-4,6H,5,7H2,1-2H3,(H,13,15). The molecule has 0 aliphatic rings. The van der Waals surface area contributed by atoms with Crippen molar-refractivity contribution in [2.24, 2.45) is 0 Å². The van der Waals surface area contributed by atoms with Crippen LogP contribution in [0, 0.1) is 0 Å². The van der Waals surface area contributed by atoms with Crippen molar-refractivity contribution in [3.63, 3.8) is 0 Å². The topological polar surface area (TPSA) is 68.3 Å². The average Bonchev–Trinajstić information content (AvgIpc) is 2.26. The molecule has 0 aromatic carbocycles. The van der Waals surface area contributed by atoms with E-state index < -0.39 is 0 Å². The highest BCUT2D eigenvalue weighted by Crippen LogP contribution is 2.09. The van der Waals surface area contributed by atoms with Gasteiger partial charge in [-0.1, -0.05) is 0 Å². The summed E-state index contributed by atoms with van der Waals surface area (Å²) in [6.45, 7) is 1.67. The first-order valence-corrected chi connectivity index (χ1v) is 4.87. The van der Waals surface area contributed by atoms with Gasteiger partial charge in [0.2, 0.25) is 5.91 Å². The quantitative estimate of drug-likeness (QED) is 0.744. The number of amides is 1. The molecule has 0 bridgehead atoms. The third kappa shape index (κ3) is 4.08. The molecule has 0 spiro atoms. The van der Waals surface area contributed by atoms with Crippen molar-refractivity contribution in [1.82, 2.24) is 10.3 Å². The monoisotopic (exact) mass is 222 g/mol. The fourth-order valence-electron chi connectivity index (χ4n) is 1.16. The van der Waals surface area contributed by atoms with E-state index in [9.17, 15) is 9.59 Å². The van der Waals surface area contributed by atoms with Crippen LogP contribution < -0.4 is 10.1 Å². The van der Waals surface area contributed by atoms with Crippen LogP contribution in [-0.4, -0.2) is 23.8 Å². The molecular formula is C11H14N2O3. The van der Waals surface area contributed by atoms with E-state index in [2.05, 4.69) is 10.3 Å². The molecule has 0 aliphatic heterocycles. The summed E-state index contributed by atoms with van der Waals surface area (Å²) in [6, 6.07) is 3.45. The minimum absolute atomic E-state index is 0.0933. The van der Waals surface area contributed by atoms with Gasteiger partial charge in [-0.15, -0.1) is 0 Å². The molecule has 5 nitrogen and oxygen atoms in total. The van der Waals surface area contributed by atoms with Gasteiger partial charge >= 0.3 is 0 Å². The van der Waals surface area contributed by atoms with Gasteiger partial charge < -0.3 is 10.1 Å². The number of Topliss-reactive ketones (excluding diaryl/α,β-unsaturated/α-hetero) is 1. The normalized spacial score (nSPS) is 9.62. The number of carbonyl (C=O) groups excluding carboxylic acids is 2. The van der Waals surface area contributed by atoms with Gasteiger partial charge in [0.15, 0.2) is 0 Å². The van der Waals surface area contributed by atoms with Crippen LogP contribution in [0.1, 0.15) is 19.0 Å². The Morgan fingerprint density at radius 2 is 2.25 bits per heavy atom. The van der Waals surface area contributed by atoms with E-state index in [1.165, 1.54) is 6.92 Å². The smallest absolute Gasteiger partial charge is 0.227 e. The fourth-order valence-corrected chi connectivity index (χ4v) is 1.16. The van der Waals surface area contributed by atoms with E-state index in [-0.39, 0.29) is 18.1 Å². The summed E-state index contributed by atoms with van der Waals surface area (Å²) in [5, 5.41) is 2.60. The van der Waals surface area contributed by atoms with E-state index in [0.717, 1.165) is 0 Å². The van der Waals surface area contributed by atoms with Crippen LogP contribution in [0.5, 0.6) is 5.75 Å². The summed E-state index contributed by atoms with van der Waals surface area (Å²) in [4.78, 5) is 25.9. The molecule has 1 N–H and O–H groups in total. The molecule has 0 saturated heterocycles. The summed E-state index contributed by atoms with van der Waals surface area (Å²) in [6.07, 6.45) is 1.51. The van der Waals surface area contributed by atoms with E-state index >= 15 is 0 Å². The number of hydrogen-bond donors (Lipinski definition) is 1. The summed E-state index contributed by atoms with van der Waals surface area (Å²) in [5.74, 6) is 0.235. The van der Waals surface area contributed by atoms with E-state index in [1.807, 2.05) is 0 Å². The molecule has 1 rings (SSSR count). The van der Waals surface area contributed by atoms with Crippen molar-refractivity contribution in [1.29, 1.82) is 0 Å². The van der Waals surface area contributed by atoms with Gasteiger partial charge in [-0.25, -0.2) is 0 Å².